The van der Waals surface area contributed by atoms with Crippen LogP contribution in [0.25, 0.3) is 5.73 Å². The van der Waals surface area contributed by atoms with E-state index in [4.69, 9.17) is 61.2 Å². The van der Waals surface area contributed by atoms with Crippen LogP contribution in [0.5, 0.6) is 0 Å². The van der Waals surface area contributed by atoms with Crippen molar-refractivity contribution in [2.75, 3.05) is 65.9 Å². The van der Waals surface area contributed by atoms with Crippen LogP contribution in [0.2, 0.25) is 0 Å². The number of likely N-dealkylation sites (tertiary alicyclic amines) is 1. The van der Waals surface area contributed by atoms with Gasteiger partial charge in [0.1, 0.15) is 36.4 Å². The molecule has 0 radical (unpaired) electrons. The second-order valence-electron chi connectivity index (χ2n) is 17.1. The predicted molar refractivity (Wildman–Crippen MR) is 236 cm³/mol. The normalized spacial score (nSPS) is 29.2. The van der Waals surface area contributed by atoms with E-state index in [1.54, 1.807) is 6.20 Å². The Morgan fingerprint density at radius 2 is 1.43 bits per heavy atom. The van der Waals surface area contributed by atoms with Crippen molar-refractivity contribution in [2.45, 2.75) is 140 Å². The number of fused-ring (bicyclic) bond motifs is 1. The molecule has 5 rings (SSSR count). The van der Waals surface area contributed by atoms with E-state index in [9.17, 15) is 49.5 Å². The second-order valence-corrected chi connectivity index (χ2v) is 17.9. The van der Waals surface area contributed by atoms with E-state index in [2.05, 4.69) is 22.6 Å². The fraction of sp³-hybridized carbons (Fsp3) is 0.810. The summed E-state index contributed by atoms with van der Waals surface area (Å²) in [6.07, 6.45) is -12.3. The van der Waals surface area contributed by atoms with Gasteiger partial charge < -0.3 is 95.6 Å². The van der Waals surface area contributed by atoms with Crippen molar-refractivity contribution in [3.05, 3.63) is 24.5 Å². The largest absolute Gasteiger partial charge is 1.00 e. The summed E-state index contributed by atoms with van der Waals surface area (Å²) in [5.41, 5.74) is 8.48. The number of hydrogen-bond donors (Lipinski definition) is 6. The molecule has 33 heteroatoms. The molecular formula is C42H67N7Na3O22S-. The maximum atomic E-state index is 13.4. The summed E-state index contributed by atoms with van der Waals surface area (Å²) in [5.74, 6) is -3.98. The zero-order valence-corrected chi connectivity index (χ0v) is 50.0. The maximum Gasteiger partial charge on any atom is 1.00 e. The molecule has 7 N–H and O–H groups in total. The molecule has 1 aromatic rings. The van der Waals surface area contributed by atoms with Crippen molar-refractivity contribution in [3.63, 3.8) is 0 Å². The van der Waals surface area contributed by atoms with Crippen LogP contribution < -0.4 is 99.1 Å². The van der Waals surface area contributed by atoms with E-state index >= 15 is 0 Å². The Balaban J connectivity index is 0.00000335. The molecule has 4 amide bonds. The van der Waals surface area contributed by atoms with Crippen LogP contribution in [0.3, 0.4) is 0 Å². The number of rotatable bonds is 28. The van der Waals surface area contributed by atoms with Crippen LogP contribution in [0.15, 0.2) is 6.20 Å². The topological polar surface area (TPSA) is 414 Å². The van der Waals surface area contributed by atoms with Gasteiger partial charge in [0.05, 0.1) is 108 Å². The summed E-state index contributed by atoms with van der Waals surface area (Å²) in [4.78, 5) is 67.0. The van der Waals surface area contributed by atoms with E-state index in [0.717, 1.165) is 6.42 Å². The quantitative estimate of drug-likeness (QED) is 0.0113. The Morgan fingerprint density at radius 3 is 2.03 bits per heavy atom. The standard InChI is InChI=1S/C42H67N7O18.3Na.H2O4S/c1-5-14-60-15-10-44-27(50)8-9-28(51)47(11-16-61-18-13-49-38(56)29-25(6-2)65-26(7-3)30(29)39(49)57)21-24-22-48(46-45-24)12-17-62-19-20-63-42-35(55)34(54)36(37(67-42)40(58)59)66-41-31(43)33(53)32(52)23(4)64-41;;;;1-5(2,3)4/h22-23,25-26,29-37,41-43,52-55H,4-21H2,1-3H3,(H,44,50)(H,58,59);;;;(H2,1,2,3,4)/q-2;3*+1;/p-2/t23?,25-,26+,29+,30-,31?,32-,33-,34-,35?,36+,37?,41-,42-;;;;/m1..../s1. The Bertz CT molecular complexity index is 1990. The molecule has 0 bridgehead atoms. The number of hydrogen-bond acceptors (Lipinski definition) is 23. The molecule has 0 saturated carbocycles. The summed E-state index contributed by atoms with van der Waals surface area (Å²) in [7, 11) is -4.92. The van der Waals surface area contributed by atoms with Crippen LogP contribution in [-0.2, 0) is 85.4 Å². The van der Waals surface area contributed by atoms with E-state index in [1.807, 2.05) is 20.8 Å². The summed E-state index contributed by atoms with van der Waals surface area (Å²) in [6.45, 7) is 10.9. The first kappa shape index (κ1) is 72.1. The number of ether oxygens (including phenoxy) is 8. The van der Waals surface area contributed by atoms with Crippen molar-refractivity contribution < 1.29 is 194 Å². The van der Waals surface area contributed by atoms with Crippen molar-refractivity contribution in [2.24, 2.45) is 11.8 Å². The van der Waals surface area contributed by atoms with E-state index in [0.29, 0.717) is 38.3 Å². The number of aliphatic carboxylic acids is 1. The third kappa shape index (κ3) is 22.1. The monoisotopic (exact) mass is 1120 g/mol. The number of amides is 4. The molecule has 5 heterocycles. The number of nitrogens with one attached hydrogen (secondary N) is 2. The first-order chi connectivity index (χ1) is 34.1. The molecule has 4 aliphatic heterocycles. The fourth-order valence-corrected chi connectivity index (χ4v) is 8.29. The summed E-state index contributed by atoms with van der Waals surface area (Å²) in [6, 6.07) is -1.61. The molecule has 4 aliphatic rings. The minimum atomic E-state index is -4.92. The first-order valence-corrected chi connectivity index (χ1v) is 24.9. The van der Waals surface area contributed by atoms with Crippen molar-refractivity contribution in [1.29, 1.82) is 0 Å². The van der Waals surface area contributed by atoms with Gasteiger partial charge in [-0.2, -0.15) is 0 Å². The van der Waals surface area contributed by atoms with Crippen LogP contribution in [0, 0.1) is 18.8 Å². The van der Waals surface area contributed by atoms with E-state index in [1.165, 1.54) is 14.5 Å². The Labute approximate surface area is 501 Å². The molecule has 4 unspecified atom stereocenters. The van der Waals surface area contributed by atoms with Gasteiger partial charge in [-0.05, 0) is 25.4 Å². The SMILES string of the molecule is O=S(=O)([O-])O.[CH2-]C1O[C@H](O[C@@H]2C(C(=O)[O-])O[C@@H](OCCOCCn3cc(CN(CCOCCN4C(=O)[C@@H]5[C@H](C4=O)[C@H](CC)O[C@@H]5CC)C(=O)CCC(=O)NCCOCCC)nn3)C(O)[C@H]2O)C([NH-])[C@@H](O)[C@@H]1O.[Na+].[Na+].[Na+]. The van der Waals surface area contributed by atoms with Crippen molar-refractivity contribution >= 4 is 40.0 Å². The molecule has 4 saturated heterocycles. The van der Waals surface area contributed by atoms with Gasteiger partial charge in [0, 0.05) is 32.5 Å². The predicted octanol–water partition coefficient (Wildman–Crippen LogP) is -13.5. The summed E-state index contributed by atoms with van der Waals surface area (Å²) < 4.78 is 78.6. The fourth-order valence-electron chi connectivity index (χ4n) is 8.29. The zero-order valence-electron chi connectivity index (χ0n) is 43.2. The molecule has 29 nitrogen and oxygen atoms in total. The smallest absolute Gasteiger partial charge is 0.726 e. The zero-order chi connectivity index (χ0) is 53.3. The minimum absolute atomic E-state index is 0. The van der Waals surface area contributed by atoms with Gasteiger partial charge >= 0.3 is 88.7 Å². The van der Waals surface area contributed by atoms with Crippen LogP contribution >= 0.6 is 0 Å². The molecule has 0 aliphatic carbocycles. The molecule has 412 valence electrons. The third-order valence-electron chi connectivity index (χ3n) is 11.9. The number of carboxylic acid groups (broad SMARTS) is 1. The minimum Gasteiger partial charge on any atom is -0.726 e. The molecule has 1 aromatic heterocycles. The summed E-state index contributed by atoms with van der Waals surface area (Å²) >= 11 is 0. The van der Waals surface area contributed by atoms with Gasteiger partial charge in [-0.3, -0.25) is 28.6 Å². The molecule has 0 aromatic carbocycles. The van der Waals surface area contributed by atoms with Gasteiger partial charge in [-0.15, -0.1) is 5.10 Å². The number of carboxylic acids is 1. The van der Waals surface area contributed by atoms with Crippen LogP contribution in [0.1, 0.15) is 58.6 Å². The molecule has 4 fully saturated rings. The van der Waals surface area contributed by atoms with E-state index in [-0.39, 0.29) is 197 Å². The summed E-state index contributed by atoms with van der Waals surface area (Å²) in [5, 5.41) is 64.4. The van der Waals surface area contributed by atoms with E-state index < -0.39 is 89.6 Å². The molecule has 75 heavy (non-hydrogen) atoms. The number of carbonyl (C=O) groups excluding carboxylic acids is 5. The first-order valence-electron chi connectivity index (χ1n) is 23.5. The van der Waals surface area contributed by atoms with Crippen molar-refractivity contribution in [3.8, 4) is 0 Å². The van der Waals surface area contributed by atoms with Gasteiger partial charge in [0.15, 0.2) is 6.29 Å². The average Bonchev–Trinajstić information content (AvgIpc) is 4.02. The third-order valence-corrected chi connectivity index (χ3v) is 11.9. The van der Waals surface area contributed by atoms with Gasteiger partial charge in [-0.25, -0.2) is 13.1 Å². The van der Waals surface area contributed by atoms with Crippen LogP contribution in [-0.4, -0.2) is 232 Å². The number of aromatic nitrogens is 3. The average molecular weight is 1120 g/mol. The Hall–Kier alpha value is -0.960. The van der Waals surface area contributed by atoms with Crippen LogP contribution in [0.4, 0.5) is 0 Å². The number of nitrogens with zero attached hydrogens (tertiary/aromatic N) is 5. The maximum absolute atomic E-state index is 13.4. The van der Waals surface area contributed by atoms with Gasteiger partial charge in [0.2, 0.25) is 34.0 Å². The van der Waals surface area contributed by atoms with Crippen molar-refractivity contribution in [1.82, 2.24) is 30.1 Å². The number of aliphatic hydroxyl groups excluding tert-OH is 4. The molecular weight excluding hydrogens is 1060 g/mol. The number of aliphatic hydroxyl groups is 4. The number of carbonyl (C=O) groups is 5. The Morgan fingerprint density at radius 1 is 0.827 bits per heavy atom. The molecule has 14 atom stereocenters. The molecule has 0 spiro atoms. The van der Waals surface area contributed by atoms with Gasteiger partial charge in [-0.1, -0.05) is 32.0 Å². The van der Waals surface area contributed by atoms with Gasteiger partial charge in [0.25, 0.3) is 0 Å². The second kappa shape index (κ2) is 35.7. The Kier molecular flexibility index (Phi) is 34.3. The number of imide groups is 1.